The summed E-state index contributed by atoms with van der Waals surface area (Å²) in [6, 6.07) is 4.63. The largest absolute Gasteiger partial charge is 0.478 e. The van der Waals surface area contributed by atoms with Gasteiger partial charge in [0.2, 0.25) is 0 Å². The summed E-state index contributed by atoms with van der Waals surface area (Å²) in [7, 11) is 5.54. The lowest BCUT2D eigenvalue weighted by atomic mass is 9.94. The number of benzene rings is 1. The Morgan fingerprint density at radius 2 is 2.24 bits per heavy atom. The van der Waals surface area contributed by atoms with Crippen molar-refractivity contribution >= 4 is 25.6 Å². The number of hydrogen-bond donors (Lipinski definition) is 0. The molecule has 0 aliphatic carbocycles. The second kappa shape index (κ2) is 6.08. The fraction of sp³-hybridized carbons (Fsp3) is 0.333. The monoisotopic (exact) mass is 232 g/mol. The van der Waals surface area contributed by atoms with Gasteiger partial charge in [0.25, 0.3) is 0 Å². The molecule has 1 rings (SSSR count). The van der Waals surface area contributed by atoms with Crippen LogP contribution in [0, 0.1) is 0 Å². The van der Waals surface area contributed by atoms with Gasteiger partial charge >= 0.3 is 5.97 Å². The van der Waals surface area contributed by atoms with Gasteiger partial charge < -0.3 is 9.47 Å². The molecule has 0 aliphatic heterocycles. The lowest BCUT2D eigenvalue weighted by Crippen LogP contribution is -2.26. The van der Waals surface area contributed by atoms with Crippen LogP contribution in [0.15, 0.2) is 18.2 Å². The summed E-state index contributed by atoms with van der Waals surface area (Å²) in [5, 5.41) is 0. The van der Waals surface area contributed by atoms with Crippen molar-refractivity contribution in [2.75, 3.05) is 6.61 Å². The van der Waals surface area contributed by atoms with Crippen LogP contribution >= 0.6 is 0 Å². The Kier molecular flexibility index (Phi) is 4.76. The van der Waals surface area contributed by atoms with Crippen LogP contribution in [0.5, 0.6) is 5.75 Å². The third kappa shape index (κ3) is 3.62. The first-order valence-electron chi connectivity index (χ1n) is 5.26. The smallest absolute Gasteiger partial charge is 0.347 e. The van der Waals surface area contributed by atoms with E-state index in [0.717, 1.165) is 0 Å². The van der Waals surface area contributed by atoms with Crippen molar-refractivity contribution in [1.82, 2.24) is 0 Å². The van der Waals surface area contributed by atoms with E-state index in [0.29, 0.717) is 23.1 Å². The summed E-state index contributed by atoms with van der Waals surface area (Å²) in [4.78, 5) is 22.2. The lowest BCUT2D eigenvalue weighted by Gasteiger charge is -2.14. The highest BCUT2D eigenvalue weighted by molar-refractivity contribution is 6.32. The molecule has 1 unspecified atom stereocenters. The van der Waals surface area contributed by atoms with Crippen molar-refractivity contribution in [2.24, 2.45) is 0 Å². The van der Waals surface area contributed by atoms with Crippen molar-refractivity contribution in [3.8, 4) is 5.75 Å². The standard InChI is InChI=1S/C12H13BO4/c1-3-16-12(15)8(2)17-11-5-4-10(13)6-9(11)7-14/h4-8H,3H2,1-2H3. The Morgan fingerprint density at radius 1 is 1.53 bits per heavy atom. The first-order valence-corrected chi connectivity index (χ1v) is 5.26. The SMILES string of the molecule is [B]c1ccc(OC(C)C(=O)OCC)c(C=O)c1. The van der Waals surface area contributed by atoms with Gasteiger partial charge in [0.1, 0.15) is 13.6 Å². The van der Waals surface area contributed by atoms with Crippen LogP contribution in [-0.2, 0) is 9.53 Å². The number of rotatable bonds is 5. The van der Waals surface area contributed by atoms with Crippen molar-refractivity contribution < 1.29 is 19.1 Å². The molecular weight excluding hydrogens is 219 g/mol. The Balaban J connectivity index is 2.80. The average molecular weight is 232 g/mol. The van der Waals surface area contributed by atoms with E-state index >= 15 is 0 Å². The fourth-order valence-corrected chi connectivity index (χ4v) is 1.26. The zero-order chi connectivity index (χ0) is 12.8. The topological polar surface area (TPSA) is 52.6 Å². The zero-order valence-electron chi connectivity index (χ0n) is 9.80. The van der Waals surface area contributed by atoms with Crippen LogP contribution in [0.2, 0.25) is 0 Å². The molecule has 0 aliphatic rings. The molecule has 1 aromatic rings. The number of aldehydes is 1. The molecule has 5 heteroatoms. The summed E-state index contributed by atoms with van der Waals surface area (Å²) < 4.78 is 10.1. The highest BCUT2D eigenvalue weighted by atomic mass is 16.6. The van der Waals surface area contributed by atoms with Crippen LogP contribution in [0.1, 0.15) is 24.2 Å². The van der Waals surface area contributed by atoms with Crippen LogP contribution in [0.25, 0.3) is 0 Å². The maximum Gasteiger partial charge on any atom is 0.347 e. The maximum absolute atomic E-state index is 11.4. The molecule has 88 valence electrons. The number of carbonyl (C=O) groups is 2. The van der Waals surface area contributed by atoms with Crippen LogP contribution < -0.4 is 10.2 Å². The Labute approximate surface area is 101 Å². The van der Waals surface area contributed by atoms with Gasteiger partial charge in [0.15, 0.2) is 12.4 Å². The van der Waals surface area contributed by atoms with Crippen LogP contribution in [0.3, 0.4) is 0 Å². The highest BCUT2D eigenvalue weighted by Gasteiger charge is 2.17. The van der Waals surface area contributed by atoms with Crippen LogP contribution in [0.4, 0.5) is 0 Å². The molecular formula is C12H13BO4. The molecule has 0 N–H and O–H groups in total. The molecule has 0 amide bonds. The van der Waals surface area contributed by atoms with Gasteiger partial charge in [-0.2, -0.15) is 0 Å². The van der Waals surface area contributed by atoms with Gasteiger partial charge in [0.05, 0.1) is 12.2 Å². The Morgan fingerprint density at radius 3 is 2.82 bits per heavy atom. The number of ether oxygens (including phenoxy) is 2. The van der Waals surface area contributed by atoms with E-state index in [1.807, 2.05) is 0 Å². The van der Waals surface area contributed by atoms with Crippen LogP contribution in [-0.4, -0.2) is 32.8 Å². The molecule has 17 heavy (non-hydrogen) atoms. The van der Waals surface area contributed by atoms with Crippen molar-refractivity contribution in [3.05, 3.63) is 23.8 Å². The predicted octanol–water partition coefficient (Wildman–Crippen LogP) is 0.623. The minimum Gasteiger partial charge on any atom is -0.478 e. The summed E-state index contributed by atoms with van der Waals surface area (Å²) in [6.45, 7) is 3.56. The van der Waals surface area contributed by atoms with E-state index in [-0.39, 0.29) is 6.61 Å². The molecule has 1 aromatic carbocycles. The van der Waals surface area contributed by atoms with E-state index < -0.39 is 12.1 Å². The maximum atomic E-state index is 11.4. The van der Waals surface area contributed by atoms with Gasteiger partial charge in [-0.05, 0) is 19.9 Å². The van der Waals surface area contributed by atoms with E-state index in [1.165, 1.54) is 6.07 Å². The summed E-state index contributed by atoms with van der Waals surface area (Å²) >= 11 is 0. The van der Waals surface area contributed by atoms with Gasteiger partial charge in [-0.15, -0.1) is 0 Å². The summed E-state index contributed by atoms with van der Waals surface area (Å²) in [6.07, 6.45) is -0.138. The molecule has 4 nitrogen and oxygen atoms in total. The van der Waals surface area contributed by atoms with E-state index in [2.05, 4.69) is 0 Å². The van der Waals surface area contributed by atoms with Crippen molar-refractivity contribution in [2.45, 2.75) is 20.0 Å². The molecule has 0 aromatic heterocycles. The Hall–Kier alpha value is -1.78. The summed E-state index contributed by atoms with van der Waals surface area (Å²) in [5.41, 5.74) is 0.768. The number of esters is 1. The van der Waals surface area contributed by atoms with Gasteiger partial charge in [0, 0.05) is 0 Å². The molecule has 0 spiro atoms. The highest BCUT2D eigenvalue weighted by Crippen LogP contribution is 2.16. The zero-order valence-corrected chi connectivity index (χ0v) is 9.80. The second-order valence-electron chi connectivity index (χ2n) is 3.43. The molecule has 0 bridgehead atoms. The van der Waals surface area contributed by atoms with E-state index in [9.17, 15) is 9.59 Å². The third-order valence-electron chi connectivity index (χ3n) is 2.08. The van der Waals surface area contributed by atoms with Gasteiger partial charge in [-0.3, -0.25) is 4.79 Å². The first kappa shape index (κ1) is 13.3. The normalized spacial score (nSPS) is 11.6. The van der Waals surface area contributed by atoms with Gasteiger partial charge in [-0.1, -0.05) is 17.6 Å². The Bertz CT molecular complexity index is 417. The first-order chi connectivity index (χ1) is 8.08. The number of carbonyl (C=O) groups excluding carboxylic acids is 2. The average Bonchev–Trinajstić information content (AvgIpc) is 2.31. The predicted molar refractivity (Wildman–Crippen MR) is 63.9 cm³/mol. The molecule has 0 heterocycles. The van der Waals surface area contributed by atoms with E-state index in [1.54, 1.807) is 26.0 Å². The molecule has 1 atom stereocenters. The van der Waals surface area contributed by atoms with E-state index in [4.69, 9.17) is 17.3 Å². The summed E-state index contributed by atoms with van der Waals surface area (Å²) in [5.74, 6) is -0.157. The molecule has 2 radical (unpaired) electrons. The minimum absolute atomic E-state index is 0.287. The second-order valence-corrected chi connectivity index (χ2v) is 3.43. The van der Waals surface area contributed by atoms with Crippen molar-refractivity contribution in [1.29, 1.82) is 0 Å². The molecule has 0 saturated carbocycles. The quantitative estimate of drug-likeness (QED) is 0.424. The van der Waals surface area contributed by atoms with Gasteiger partial charge in [-0.25, -0.2) is 4.79 Å². The minimum atomic E-state index is -0.766. The third-order valence-corrected chi connectivity index (χ3v) is 2.08. The fourth-order valence-electron chi connectivity index (χ4n) is 1.26. The molecule has 0 fully saturated rings. The molecule has 0 saturated heterocycles. The lowest BCUT2D eigenvalue weighted by molar-refractivity contribution is -0.150. The van der Waals surface area contributed by atoms with Crippen molar-refractivity contribution in [3.63, 3.8) is 0 Å². The number of hydrogen-bond acceptors (Lipinski definition) is 4.